The number of carbonyl (C=O) groups is 2. The number of rotatable bonds is 8. The molecule has 2 fully saturated rings. The van der Waals surface area contributed by atoms with Gasteiger partial charge in [0.15, 0.2) is 0 Å². The van der Waals surface area contributed by atoms with Crippen molar-refractivity contribution in [2.75, 3.05) is 40.4 Å². The van der Waals surface area contributed by atoms with Gasteiger partial charge in [0.05, 0.1) is 20.3 Å². The highest BCUT2D eigenvalue weighted by Gasteiger charge is 2.37. The van der Waals surface area contributed by atoms with Crippen molar-refractivity contribution >= 4 is 11.8 Å². The molecule has 1 aliphatic heterocycles. The van der Waals surface area contributed by atoms with E-state index in [-0.39, 0.29) is 36.1 Å². The van der Waals surface area contributed by atoms with Crippen LogP contribution in [0.15, 0.2) is 42.5 Å². The lowest BCUT2D eigenvalue weighted by Crippen LogP contribution is -2.57. The second-order valence-corrected chi connectivity index (χ2v) is 9.23. The van der Waals surface area contributed by atoms with Gasteiger partial charge in [0.2, 0.25) is 5.91 Å². The molecule has 4 rings (SSSR count). The Labute approximate surface area is 206 Å². The van der Waals surface area contributed by atoms with Gasteiger partial charge in [0.1, 0.15) is 17.3 Å². The molecule has 2 aliphatic rings. The van der Waals surface area contributed by atoms with Crippen molar-refractivity contribution in [2.24, 2.45) is 5.92 Å². The average Bonchev–Trinajstić information content (AvgIpc) is 3.42. The number of carbonyl (C=O) groups excluding carboxylic acids is 2. The molecule has 1 aliphatic carbocycles. The maximum absolute atomic E-state index is 14.0. The Morgan fingerprint density at radius 2 is 1.63 bits per heavy atom. The Balaban J connectivity index is 1.41. The summed E-state index contributed by atoms with van der Waals surface area (Å²) in [5, 5.41) is 2.97. The zero-order valence-corrected chi connectivity index (χ0v) is 20.5. The molecule has 0 radical (unpaired) electrons. The van der Waals surface area contributed by atoms with E-state index in [1.54, 1.807) is 50.6 Å². The summed E-state index contributed by atoms with van der Waals surface area (Å²) >= 11 is 0. The van der Waals surface area contributed by atoms with Gasteiger partial charge in [-0.1, -0.05) is 31.0 Å². The van der Waals surface area contributed by atoms with E-state index in [9.17, 15) is 14.0 Å². The van der Waals surface area contributed by atoms with E-state index in [2.05, 4.69) is 10.2 Å². The van der Waals surface area contributed by atoms with E-state index in [4.69, 9.17) is 9.47 Å². The first kappa shape index (κ1) is 25.0. The highest BCUT2D eigenvalue weighted by atomic mass is 19.1. The minimum atomic E-state index is -0.313. The third-order valence-corrected chi connectivity index (χ3v) is 7.12. The van der Waals surface area contributed by atoms with Crippen LogP contribution in [0.25, 0.3) is 0 Å². The Bertz CT molecular complexity index is 1010. The first-order valence-electron chi connectivity index (χ1n) is 12.3. The summed E-state index contributed by atoms with van der Waals surface area (Å²) in [4.78, 5) is 30.5. The first-order valence-corrected chi connectivity index (χ1v) is 12.3. The van der Waals surface area contributed by atoms with Gasteiger partial charge < -0.3 is 19.7 Å². The number of piperazine rings is 1. The fourth-order valence-electron chi connectivity index (χ4n) is 5.20. The smallest absolute Gasteiger partial charge is 0.254 e. The van der Waals surface area contributed by atoms with Crippen LogP contribution in [-0.2, 0) is 11.3 Å². The number of methoxy groups -OCH3 is 2. The maximum atomic E-state index is 14.0. The molecular weight excluding hydrogens is 449 g/mol. The van der Waals surface area contributed by atoms with Gasteiger partial charge >= 0.3 is 0 Å². The molecule has 1 atom stereocenters. The number of amides is 2. The number of hydrogen-bond donors (Lipinski definition) is 1. The molecule has 1 heterocycles. The summed E-state index contributed by atoms with van der Waals surface area (Å²) in [5.41, 5.74) is 1.000. The maximum Gasteiger partial charge on any atom is 0.254 e. The molecule has 35 heavy (non-hydrogen) atoms. The highest BCUT2D eigenvalue weighted by Crippen LogP contribution is 2.31. The SMILES string of the molecule is COc1cc(OC)cc(C(=O)N2CCN(C(C(=O)NCc3ccccc3F)C3CCCC3)CC2)c1. The summed E-state index contributed by atoms with van der Waals surface area (Å²) in [6.07, 6.45) is 4.27. The molecule has 2 aromatic rings. The zero-order valence-electron chi connectivity index (χ0n) is 20.5. The van der Waals surface area contributed by atoms with Crippen molar-refractivity contribution in [3.63, 3.8) is 0 Å². The van der Waals surface area contributed by atoms with Crippen LogP contribution in [0.2, 0.25) is 0 Å². The Kier molecular flexibility index (Phi) is 8.23. The van der Waals surface area contributed by atoms with E-state index >= 15 is 0 Å². The summed E-state index contributed by atoms with van der Waals surface area (Å²) in [6.45, 7) is 2.46. The van der Waals surface area contributed by atoms with E-state index in [0.29, 0.717) is 48.8 Å². The molecule has 8 heteroatoms. The normalized spacial score (nSPS) is 17.7. The topological polar surface area (TPSA) is 71.1 Å². The molecule has 1 saturated heterocycles. The van der Waals surface area contributed by atoms with Crippen LogP contribution >= 0.6 is 0 Å². The summed E-state index contributed by atoms with van der Waals surface area (Å²) < 4.78 is 24.6. The van der Waals surface area contributed by atoms with Crippen molar-refractivity contribution < 1.29 is 23.5 Å². The molecule has 1 unspecified atom stereocenters. The number of ether oxygens (including phenoxy) is 2. The average molecular weight is 484 g/mol. The molecule has 188 valence electrons. The quantitative estimate of drug-likeness (QED) is 0.623. The fraction of sp³-hybridized carbons (Fsp3) is 0.481. The van der Waals surface area contributed by atoms with Crippen LogP contribution in [0.4, 0.5) is 4.39 Å². The molecule has 0 aromatic heterocycles. The van der Waals surface area contributed by atoms with Crippen LogP contribution in [0, 0.1) is 11.7 Å². The van der Waals surface area contributed by atoms with Gasteiger partial charge in [-0.15, -0.1) is 0 Å². The van der Waals surface area contributed by atoms with Crippen LogP contribution in [0.3, 0.4) is 0 Å². The van der Waals surface area contributed by atoms with Crippen molar-refractivity contribution in [3.05, 3.63) is 59.4 Å². The molecule has 2 amide bonds. The van der Waals surface area contributed by atoms with Crippen molar-refractivity contribution in [3.8, 4) is 11.5 Å². The standard InChI is InChI=1S/C27H34FN3O4/c1-34-22-15-21(16-23(17-22)35-2)27(33)31-13-11-30(12-14-31)25(19-7-3-4-8-19)26(32)29-18-20-9-5-6-10-24(20)28/h5-6,9-10,15-17,19,25H,3-4,7-8,11-14,18H2,1-2H3,(H,29,32). The number of nitrogens with one attached hydrogen (secondary N) is 1. The second kappa shape index (κ2) is 11.5. The van der Waals surface area contributed by atoms with Crippen LogP contribution in [-0.4, -0.2) is 68.1 Å². The van der Waals surface area contributed by atoms with Crippen LogP contribution in [0.5, 0.6) is 11.5 Å². The van der Waals surface area contributed by atoms with E-state index in [1.807, 2.05) is 4.90 Å². The number of hydrogen-bond acceptors (Lipinski definition) is 5. The molecule has 1 N–H and O–H groups in total. The largest absolute Gasteiger partial charge is 0.497 e. The zero-order chi connectivity index (χ0) is 24.8. The Morgan fingerprint density at radius 1 is 1.00 bits per heavy atom. The summed E-state index contributed by atoms with van der Waals surface area (Å²) in [6, 6.07) is 11.4. The third-order valence-electron chi connectivity index (χ3n) is 7.12. The van der Waals surface area contributed by atoms with E-state index in [1.165, 1.54) is 6.07 Å². The predicted octanol–water partition coefficient (Wildman–Crippen LogP) is 3.48. The number of nitrogens with zero attached hydrogens (tertiary/aromatic N) is 2. The number of halogens is 1. The van der Waals surface area contributed by atoms with Gasteiger partial charge in [0, 0.05) is 49.9 Å². The molecule has 0 bridgehead atoms. The fourth-order valence-corrected chi connectivity index (χ4v) is 5.20. The summed E-state index contributed by atoms with van der Waals surface area (Å²) in [5.74, 6) is 0.964. The minimum Gasteiger partial charge on any atom is -0.497 e. The lowest BCUT2D eigenvalue weighted by Gasteiger charge is -2.40. The Morgan fingerprint density at radius 3 is 2.23 bits per heavy atom. The first-order chi connectivity index (χ1) is 17.0. The predicted molar refractivity (Wildman–Crippen MR) is 131 cm³/mol. The molecule has 7 nitrogen and oxygen atoms in total. The van der Waals surface area contributed by atoms with Gasteiger partial charge in [-0.3, -0.25) is 14.5 Å². The lowest BCUT2D eigenvalue weighted by atomic mass is 9.94. The van der Waals surface area contributed by atoms with E-state index in [0.717, 1.165) is 25.7 Å². The van der Waals surface area contributed by atoms with Crippen molar-refractivity contribution in [1.82, 2.24) is 15.1 Å². The molecule has 1 saturated carbocycles. The minimum absolute atomic E-state index is 0.0579. The highest BCUT2D eigenvalue weighted by molar-refractivity contribution is 5.95. The van der Waals surface area contributed by atoms with Crippen molar-refractivity contribution in [2.45, 2.75) is 38.3 Å². The van der Waals surface area contributed by atoms with Crippen LogP contribution in [0.1, 0.15) is 41.6 Å². The van der Waals surface area contributed by atoms with Gasteiger partial charge in [-0.25, -0.2) is 4.39 Å². The van der Waals surface area contributed by atoms with Gasteiger partial charge in [-0.05, 0) is 37.0 Å². The monoisotopic (exact) mass is 483 g/mol. The van der Waals surface area contributed by atoms with Crippen LogP contribution < -0.4 is 14.8 Å². The molecular formula is C27H34FN3O4. The molecule has 2 aromatic carbocycles. The third kappa shape index (κ3) is 5.93. The van der Waals surface area contributed by atoms with Gasteiger partial charge in [-0.2, -0.15) is 0 Å². The number of benzene rings is 2. The summed E-state index contributed by atoms with van der Waals surface area (Å²) in [7, 11) is 3.12. The van der Waals surface area contributed by atoms with E-state index < -0.39 is 0 Å². The van der Waals surface area contributed by atoms with Gasteiger partial charge in [0.25, 0.3) is 5.91 Å². The Hall–Kier alpha value is -3.13. The second-order valence-electron chi connectivity index (χ2n) is 9.23. The lowest BCUT2D eigenvalue weighted by molar-refractivity contribution is -0.129. The molecule has 0 spiro atoms. The van der Waals surface area contributed by atoms with Crippen molar-refractivity contribution in [1.29, 1.82) is 0 Å².